The number of halogens is 3. The fourth-order valence-corrected chi connectivity index (χ4v) is 2.38. The fourth-order valence-electron chi connectivity index (χ4n) is 2.38. The fraction of sp³-hybridized carbons (Fsp3) is 0.500. The Kier molecular flexibility index (Phi) is 4.84. The number of carbonyl (C=O) groups is 1. The SMILES string of the molecule is NC1CCN(C(=O)CNC(c2ccccc2)C(F)(F)F)C1. The molecule has 21 heavy (non-hydrogen) atoms. The molecule has 1 aliphatic heterocycles. The van der Waals surface area contributed by atoms with Gasteiger partial charge in [0.05, 0.1) is 6.54 Å². The normalized spacial score (nSPS) is 20.6. The molecule has 2 atom stereocenters. The minimum absolute atomic E-state index is 0.0820. The molecule has 0 saturated carbocycles. The van der Waals surface area contributed by atoms with Crippen LogP contribution in [-0.4, -0.2) is 42.7 Å². The van der Waals surface area contributed by atoms with Crippen LogP contribution >= 0.6 is 0 Å². The molecule has 1 amide bonds. The van der Waals surface area contributed by atoms with Crippen molar-refractivity contribution in [1.29, 1.82) is 0 Å². The van der Waals surface area contributed by atoms with E-state index in [0.29, 0.717) is 19.5 Å². The summed E-state index contributed by atoms with van der Waals surface area (Å²) >= 11 is 0. The number of likely N-dealkylation sites (tertiary alicyclic amines) is 1. The van der Waals surface area contributed by atoms with Crippen LogP contribution in [0.25, 0.3) is 0 Å². The molecule has 116 valence electrons. The molecule has 1 heterocycles. The van der Waals surface area contributed by atoms with E-state index in [2.05, 4.69) is 5.32 Å². The van der Waals surface area contributed by atoms with E-state index < -0.39 is 12.2 Å². The predicted molar refractivity (Wildman–Crippen MR) is 72.4 cm³/mol. The zero-order chi connectivity index (χ0) is 15.5. The largest absolute Gasteiger partial charge is 0.407 e. The Hall–Kier alpha value is -1.60. The van der Waals surface area contributed by atoms with Crippen LogP contribution < -0.4 is 11.1 Å². The average molecular weight is 301 g/mol. The van der Waals surface area contributed by atoms with Gasteiger partial charge in [0.2, 0.25) is 5.91 Å². The van der Waals surface area contributed by atoms with Crippen LogP contribution in [0, 0.1) is 0 Å². The van der Waals surface area contributed by atoms with E-state index >= 15 is 0 Å². The third-order valence-corrected chi connectivity index (χ3v) is 3.50. The molecule has 1 aliphatic rings. The Morgan fingerprint density at radius 1 is 1.38 bits per heavy atom. The molecule has 1 saturated heterocycles. The van der Waals surface area contributed by atoms with Gasteiger partial charge < -0.3 is 10.6 Å². The third kappa shape index (κ3) is 4.18. The van der Waals surface area contributed by atoms with E-state index in [1.807, 2.05) is 0 Å². The molecule has 3 N–H and O–H groups in total. The van der Waals surface area contributed by atoms with Crippen LogP contribution in [0.4, 0.5) is 13.2 Å². The molecule has 1 aromatic carbocycles. The maximum absolute atomic E-state index is 13.1. The lowest BCUT2D eigenvalue weighted by Gasteiger charge is -2.23. The first-order valence-corrected chi connectivity index (χ1v) is 6.76. The number of alkyl halides is 3. The summed E-state index contributed by atoms with van der Waals surface area (Å²) < 4.78 is 39.3. The van der Waals surface area contributed by atoms with Crippen molar-refractivity contribution in [3.8, 4) is 0 Å². The highest BCUT2D eigenvalue weighted by Gasteiger charge is 2.41. The van der Waals surface area contributed by atoms with Gasteiger partial charge >= 0.3 is 6.18 Å². The molecular weight excluding hydrogens is 283 g/mol. The number of rotatable bonds is 4. The molecule has 2 unspecified atom stereocenters. The molecule has 0 bridgehead atoms. The summed E-state index contributed by atoms with van der Waals surface area (Å²) in [6.07, 6.45) is -3.77. The van der Waals surface area contributed by atoms with Crippen molar-refractivity contribution in [2.45, 2.75) is 24.7 Å². The van der Waals surface area contributed by atoms with E-state index in [4.69, 9.17) is 5.73 Å². The summed E-state index contributed by atoms with van der Waals surface area (Å²) in [5.74, 6) is -0.354. The Labute approximate surface area is 121 Å². The number of nitrogens with zero attached hydrogens (tertiary/aromatic N) is 1. The molecule has 0 aromatic heterocycles. The van der Waals surface area contributed by atoms with Gasteiger partial charge in [-0.2, -0.15) is 13.2 Å². The maximum atomic E-state index is 13.1. The molecule has 0 aliphatic carbocycles. The van der Waals surface area contributed by atoms with Crippen molar-refractivity contribution in [3.05, 3.63) is 35.9 Å². The van der Waals surface area contributed by atoms with Gasteiger partial charge in [-0.05, 0) is 12.0 Å². The average Bonchev–Trinajstić information content (AvgIpc) is 2.85. The highest BCUT2D eigenvalue weighted by Crippen LogP contribution is 2.32. The van der Waals surface area contributed by atoms with E-state index in [-0.39, 0.29) is 24.1 Å². The molecular formula is C14H18F3N3O. The third-order valence-electron chi connectivity index (χ3n) is 3.50. The maximum Gasteiger partial charge on any atom is 0.407 e. The van der Waals surface area contributed by atoms with Gasteiger partial charge in [0, 0.05) is 19.1 Å². The molecule has 2 rings (SSSR count). The van der Waals surface area contributed by atoms with Gasteiger partial charge in [-0.3, -0.25) is 10.1 Å². The van der Waals surface area contributed by atoms with Gasteiger partial charge in [-0.1, -0.05) is 30.3 Å². The van der Waals surface area contributed by atoms with Crippen LogP contribution in [0.5, 0.6) is 0 Å². The molecule has 1 aromatic rings. The van der Waals surface area contributed by atoms with Gasteiger partial charge in [0.25, 0.3) is 0 Å². The lowest BCUT2D eigenvalue weighted by atomic mass is 10.1. The molecule has 0 spiro atoms. The Balaban J connectivity index is 1.99. The van der Waals surface area contributed by atoms with Crippen LogP contribution in [0.15, 0.2) is 30.3 Å². The number of nitrogens with two attached hydrogens (primary N) is 1. The lowest BCUT2D eigenvalue weighted by molar-refractivity contribution is -0.159. The van der Waals surface area contributed by atoms with Crippen molar-refractivity contribution < 1.29 is 18.0 Å². The summed E-state index contributed by atoms with van der Waals surface area (Å²) in [6, 6.07) is 5.57. The number of amides is 1. The Morgan fingerprint density at radius 2 is 2.05 bits per heavy atom. The van der Waals surface area contributed by atoms with Crippen LogP contribution in [0.3, 0.4) is 0 Å². The topological polar surface area (TPSA) is 58.4 Å². The van der Waals surface area contributed by atoms with Crippen molar-refractivity contribution in [1.82, 2.24) is 10.2 Å². The molecule has 4 nitrogen and oxygen atoms in total. The molecule has 0 radical (unpaired) electrons. The quantitative estimate of drug-likeness (QED) is 0.885. The van der Waals surface area contributed by atoms with Crippen molar-refractivity contribution in [2.75, 3.05) is 19.6 Å². The molecule has 7 heteroatoms. The minimum Gasteiger partial charge on any atom is -0.340 e. The van der Waals surface area contributed by atoms with Crippen LogP contribution in [0.1, 0.15) is 18.0 Å². The van der Waals surface area contributed by atoms with Gasteiger partial charge in [-0.25, -0.2) is 0 Å². The number of nitrogens with one attached hydrogen (secondary N) is 1. The van der Waals surface area contributed by atoms with Crippen molar-refractivity contribution in [3.63, 3.8) is 0 Å². The summed E-state index contributed by atoms with van der Waals surface area (Å²) in [5.41, 5.74) is 5.78. The first kappa shape index (κ1) is 15.8. The van der Waals surface area contributed by atoms with E-state index in [9.17, 15) is 18.0 Å². The summed E-state index contributed by atoms with van der Waals surface area (Å²) in [5, 5.41) is 2.31. The smallest absolute Gasteiger partial charge is 0.340 e. The first-order valence-electron chi connectivity index (χ1n) is 6.76. The Morgan fingerprint density at radius 3 is 2.57 bits per heavy atom. The second-order valence-electron chi connectivity index (χ2n) is 5.15. The minimum atomic E-state index is -4.46. The number of hydrogen-bond acceptors (Lipinski definition) is 3. The number of hydrogen-bond donors (Lipinski definition) is 2. The first-order chi connectivity index (χ1) is 9.88. The van der Waals surface area contributed by atoms with E-state index in [1.165, 1.54) is 29.2 Å². The van der Waals surface area contributed by atoms with Crippen LogP contribution in [0.2, 0.25) is 0 Å². The summed E-state index contributed by atoms with van der Waals surface area (Å²) in [6.45, 7) is 0.554. The standard InChI is InChI=1S/C14H18F3N3O/c15-14(16,17)13(10-4-2-1-3-5-10)19-8-12(21)20-7-6-11(18)9-20/h1-5,11,13,19H,6-9,18H2. The zero-order valence-corrected chi connectivity index (χ0v) is 11.4. The Bertz CT molecular complexity index is 478. The van der Waals surface area contributed by atoms with E-state index in [0.717, 1.165) is 0 Å². The summed E-state index contributed by atoms with van der Waals surface area (Å²) in [4.78, 5) is 13.4. The molecule has 1 fully saturated rings. The zero-order valence-electron chi connectivity index (χ0n) is 11.4. The highest BCUT2D eigenvalue weighted by atomic mass is 19.4. The highest BCUT2D eigenvalue weighted by molar-refractivity contribution is 5.78. The lowest BCUT2D eigenvalue weighted by Crippen LogP contribution is -2.42. The van der Waals surface area contributed by atoms with Gasteiger partial charge in [0.1, 0.15) is 6.04 Å². The van der Waals surface area contributed by atoms with Crippen LogP contribution in [-0.2, 0) is 4.79 Å². The predicted octanol–water partition coefficient (Wildman–Crippen LogP) is 1.44. The number of benzene rings is 1. The summed E-state index contributed by atoms with van der Waals surface area (Å²) in [7, 11) is 0. The van der Waals surface area contributed by atoms with Crippen molar-refractivity contribution in [2.24, 2.45) is 5.73 Å². The van der Waals surface area contributed by atoms with E-state index in [1.54, 1.807) is 6.07 Å². The second kappa shape index (κ2) is 6.44. The van der Waals surface area contributed by atoms with Gasteiger partial charge in [0.15, 0.2) is 0 Å². The second-order valence-corrected chi connectivity index (χ2v) is 5.15. The number of carbonyl (C=O) groups excluding carboxylic acids is 1. The van der Waals surface area contributed by atoms with Gasteiger partial charge in [-0.15, -0.1) is 0 Å². The van der Waals surface area contributed by atoms with Crippen molar-refractivity contribution >= 4 is 5.91 Å². The monoisotopic (exact) mass is 301 g/mol.